The fourth-order valence-corrected chi connectivity index (χ4v) is 1.85. The second-order valence-electron chi connectivity index (χ2n) is 5.73. The van der Waals surface area contributed by atoms with E-state index in [2.05, 4.69) is 33.2 Å². The van der Waals surface area contributed by atoms with Crippen molar-refractivity contribution in [2.24, 2.45) is 5.92 Å². The molecule has 1 heteroatoms. The summed E-state index contributed by atoms with van der Waals surface area (Å²) in [7, 11) is 0. The summed E-state index contributed by atoms with van der Waals surface area (Å²) in [5, 5.41) is 0. The molecule has 1 atom stereocenters. The van der Waals surface area contributed by atoms with Gasteiger partial charge < -0.3 is 4.74 Å². The summed E-state index contributed by atoms with van der Waals surface area (Å²) in [6, 6.07) is 0. The Morgan fingerprint density at radius 1 is 0.885 bits per heavy atom. The van der Waals surface area contributed by atoms with Crippen LogP contribution in [-0.4, -0.2) is 0 Å². The lowest BCUT2D eigenvalue weighted by atomic mass is 10.1. The van der Waals surface area contributed by atoms with Gasteiger partial charge in [0.2, 0.25) is 0 Å². The molecule has 0 rings (SSSR count). The maximum Gasteiger partial charge on any atom is 0.127 e. The predicted octanol–water partition coefficient (Wildman–Crippen LogP) is 7.55. The van der Waals surface area contributed by atoms with Crippen LogP contribution in [0.25, 0.3) is 0 Å². The Kier molecular flexibility index (Phi) is 13.0. The molecule has 1 unspecified atom stereocenters. The van der Waals surface area contributed by atoms with Crippen LogP contribution in [0, 0.1) is 5.92 Å². The van der Waals surface area contributed by atoms with Crippen molar-refractivity contribution in [3.05, 3.63) is 122 Å². The molecule has 0 aliphatic carbocycles. The van der Waals surface area contributed by atoms with E-state index >= 15 is 0 Å². The number of ether oxygens (including phenoxy) is 1. The van der Waals surface area contributed by atoms with E-state index < -0.39 is 0 Å². The quantitative estimate of drug-likeness (QED) is 0.201. The van der Waals surface area contributed by atoms with Crippen LogP contribution in [0.3, 0.4) is 0 Å². The van der Waals surface area contributed by atoms with Gasteiger partial charge in [-0.2, -0.15) is 0 Å². The third kappa shape index (κ3) is 11.7. The van der Waals surface area contributed by atoms with Crippen molar-refractivity contribution in [1.29, 1.82) is 0 Å². The molecule has 1 nitrogen and oxygen atoms in total. The molecule has 0 amide bonds. The second kappa shape index (κ2) is 14.5. The largest absolute Gasteiger partial charge is 0.457 e. The molecule has 0 aliphatic heterocycles. The van der Waals surface area contributed by atoms with Crippen LogP contribution < -0.4 is 0 Å². The van der Waals surface area contributed by atoms with E-state index in [0.717, 1.165) is 17.6 Å². The topological polar surface area (TPSA) is 9.23 Å². The van der Waals surface area contributed by atoms with Crippen LogP contribution in [0.15, 0.2) is 122 Å². The molecule has 26 heavy (non-hydrogen) atoms. The fraction of sp³-hybridized carbons (Fsp3) is 0.200. The molecule has 0 fully saturated rings. The van der Waals surface area contributed by atoms with Gasteiger partial charge in [0, 0.05) is 0 Å². The summed E-state index contributed by atoms with van der Waals surface area (Å²) in [4.78, 5) is 0. The normalized spacial score (nSPS) is 14.4. The molecular weight excluding hydrogens is 316 g/mol. The van der Waals surface area contributed by atoms with Crippen LogP contribution in [-0.2, 0) is 4.74 Å². The van der Waals surface area contributed by atoms with Crippen molar-refractivity contribution in [1.82, 2.24) is 0 Å². The Morgan fingerprint density at radius 2 is 1.42 bits per heavy atom. The molecule has 0 radical (unpaired) electrons. The molecule has 0 spiro atoms. The molecule has 0 N–H and O–H groups in total. The van der Waals surface area contributed by atoms with Gasteiger partial charge >= 0.3 is 0 Å². The minimum atomic E-state index is 0.249. The molecule has 0 aromatic heterocycles. The summed E-state index contributed by atoms with van der Waals surface area (Å²) < 4.78 is 6.12. The van der Waals surface area contributed by atoms with Crippen LogP contribution >= 0.6 is 0 Å². The van der Waals surface area contributed by atoms with Gasteiger partial charge in [-0.1, -0.05) is 68.7 Å². The van der Waals surface area contributed by atoms with Crippen molar-refractivity contribution in [3.63, 3.8) is 0 Å². The highest BCUT2D eigenvalue weighted by atomic mass is 16.5. The molecule has 0 heterocycles. The van der Waals surface area contributed by atoms with Crippen LogP contribution in [0.2, 0.25) is 0 Å². The molecule has 0 aliphatic rings. The Balaban J connectivity index is 5.73. The van der Waals surface area contributed by atoms with Crippen LogP contribution in [0.5, 0.6) is 0 Å². The molecule has 0 aromatic rings. The van der Waals surface area contributed by atoms with Gasteiger partial charge in [0.15, 0.2) is 0 Å². The molecule has 0 saturated carbocycles. The maximum absolute atomic E-state index is 6.12. The van der Waals surface area contributed by atoms with Crippen molar-refractivity contribution >= 4 is 0 Å². The number of hydrogen-bond donors (Lipinski definition) is 0. The van der Waals surface area contributed by atoms with Gasteiger partial charge in [-0.3, -0.25) is 0 Å². The standard InChI is InChI=1S/C25H32O/c1-8-12-13-16-24(19-22(6)14-9-2)26-25(18-17-21(5)11-4)20-23(7)15-10-3/h8-11,13-21H,1,4,6-7,12H2,2-3,5H3/b14-9-,15-10-,16-13-,18-17-,24-19+,25-20+. The van der Waals surface area contributed by atoms with E-state index in [1.54, 1.807) is 0 Å². The summed E-state index contributed by atoms with van der Waals surface area (Å²) in [5.41, 5.74) is 1.72. The van der Waals surface area contributed by atoms with Gasteiger partial charge in [-0.15, -0.1) is 13.2 Å². The van der Waals surface area contributed by atoms with Crippen molar-refractivity contribution in [2.75, 3.05) is 0 Å². The van der Waals surface area contributed by atoms with Gasteiger partial charge in [0.25, 0.3) is 0 Å². The summed E-state index contributed by atoms with van der Waals surface area (Å²) in [5.74, 6) is 1.65. The van der Waals surface area contributed by atoms with Crippen molar-refractivity contribution < 1.29 is 4.74 Å². The number of allylic oxidation sites excluding steroid dienone is 14. The molecule has 0 bridgehead atoms. The Labute approximate surface area is 160 Å². The first-order chi connectivity index (χ1) is 12.5. The van der Waals surface area contributed by atoms with Gasteiger partial charge in [-0.25, -0.2) is 0 Å². The Morgan fingerprint density at radius 3 is 1.88 bits per heavy atom. The fourth-order valence-electron chi connectivity index (χ4n) is 1.85. The first-order valence-electron chi connectivity index (χ1n) is 8.79. The van der Waals surface area contributed by atoms with Crippen molar-refractivity contribution in [2.45, 2.75) is 27.2 Å². The second-order valence-corrected chi connectivity index (χ2v) is 5.73. The highest BCUT2D eigenvalue weighted by molar-refractivity contribution is 5.36. The minimum Gasteiger partial charge on any atom is -0.457 e. The predicted molar refractivity (Wildman–Crippen MR) is 118 cm³/mol. The van der Waals surface area contributed by atoms with E-state index in [4.69, 9.17) is 4.74 Å². The van der Waals surface area contributed by atoms with E-state index in [9.17, 15) is 0 Å². The minimum absolute atomic E-state index is 0.249. The van der Waals surface area contributed by atoms with Crippen LogP contribution in [0.1, 0.15) is 27.2 Å². The first-order valence-corrected chi connectivity index (χ1v) is 8.79. The highest BCUT2D eigenvalue weighted by Gasteiger charge is 2.01. The zero-order valence-electron chi connectivity index (χ0n) is 16.4. The summed E-state index contributed by atoms with van der Waals surface area (Å²) in [6.07, 6.45) is 23.9. The average molecular weight is 349 g/mol. The number of rotatable bonds is 12. The lowest BCUT2D eigenvalue weighted by Crippen LogP contribution is -1.92. The molecular formula is C25H32O. The smallest absolute Gasteiger partial charge is 0.127 e. The Hall–Kier alpha value is -2.80. The average Bonchev–Trinajstić information content (AvgIpc) is 2.59. The lowest BCUT2D eigenvalue weighted by Gasteiger charge is -2.09. The first kappa shape index (κ1) is 23.2. The Bertz CT molecular complexity index is 660. The van der Waals surface area contributed by atoms with Crippen molar-refractivity contribution in [3.8, 4) is 0 Å². The van der Waals surface area contributed by atoms with Gasteiger partial charge in [-0.05, 0) is 61.6 Å². The molecule has 0 aromatic carbocycles. The third-order valence-corrected chi connectivity index (χ3v) is 3.17. The maximum atomic E-state index is 6.12. The lowest BCUT2D eigenvalue weighted by molar-refractivity contribution is 0.335. The van der Waals surface area contributed by atoms with E-state index in [0.29, 0.717) is 11.5 Å². The summed E-state index contributed by atoms with van der Waals surface area (Å²) >= 11 is 0. The monoisotopic (exact) mass is 348 g/mol. The van der Waals surface area contributed by atoms with Gasteiger partial charge in [0.05, 0.1) is 0 Å². The molecule has 138 valence electrons. The van der Waals surface area contributed by atoms with E-state index in [1.165, 1.54) is 0 Å². The zero-order valence-corrected chi connectivity index (χ0v) is 16.4. The molecule has 0 saturated heterocycles. The van der Waals surface area contributed by atoms with Crippen LogP contribution in [0.4, 0.5) is 0 Å². The summed E-state index contributed by atoms with van der Waals surface area (Å²) in [6.45, 7) is 21.6. The zero-order chi connectivity index (χ0) is 19.8. The van der Waals surface area contributed by atoms with E-state index in [1.807, 2.05) is 86.8 Å². The highest BCUT2D eigenvalue weighted by Crippen LogP contribution is 2.16. The van der Waals surface area contributed by atoms with E-state index in [-0.39, 0.29) is 5.92 Å². The third-order valence-electron chi connectivity index (χ3n) is 3.17. The SMILES string of the molecule is C=CC/C=C\C(=C/C(=C)/C=C\C)OC(/C=C\C(C)C=C)=C/C(=C)/C=C\C. The van der Waals surface area contributed by atoms with Gasteiger partial charge in [0.1, 0.15) is 11.5 Å². The number of hydrogen-bond acceptors (Lipinski definition) is 1.